The predicted molar refractivity (Wildman–Crippen MR) is 74.3 cm³/mol. The van der Waals surface area contributed by atoms with Crippen molar-refractivity contribution in [3.8, 4) is 5.75 Å². The lowest BCUT2D eigenvalue weighted by Gasteiger charge is -2.10. The van der Waals surface area contributed by atoms with Gasteiger partial charge in [-0.25, -0.2) is 4.98 Å². The molecule has 0 bridgehead atoms. The van der Waals surface area contributed by atoms with Crippen molar-refractivity contribution in [2.24, 2.45) is 0 Å². The highest BCUT2D eigenvalue weighted by Gasteiger charge is 2.05. The molecule has 0 unspecified atom stereocenters. The molecule has 4 heteroatoms. The van der Waals surface area contributed by atoms with Crippen LogP contribution < -0.4 is 10.1 Å². The third-order valence-electron chi connectivity index (χ3n) is 2.63. The van der Waals surface area contributed by atoms with Gasteiger partial charge in [0.25, 0.3) is 0 Å². The third-order valence-corrected chi connectivity index (χ3v) is 2.98. The van der Waals surface area contributed by atoms with Crippen LogP contribution >= 0.6 is 11.6 Å². The highest BCUT2D eigenvalue weighted by Crippen LogP contribution is 2.21. The fraction of sp³-hybridized carbons (Fsp3) is 0.214. The average molecular weight is 263 g/mol. The van der Waals surface area contributed by atoms with E-state index in [4.69, 9.17) is 16.3 Å². The molecule has 1 N–H and O–H groups in total. The Bertz CT molecular complexity index is 543. The molecular formula is C14H15ClN2O. The SMILES string of the molecule is CNc1ccc(Cl)c(COc2ccccc2C)n1. The number of ether oxygens (including phenoxy) is 1. The van der Waals surface area contributed by atoms with Gasteiger partial charge in [0, 0.05) is 7.05 Å². The van der Waals surface area contributed by atoms with E-state index in [0.29, 0.717) is 11.6 Å². The number of hydrogen-bond donors (Lipinski definition) is 1. The minimum Gasteiger partial charge on any atom is -0.487 e. The Morgan fingerprint density at radius 2 is 2.00 bits per heavy atom. The summed E-state index contributed by atoms with van der Waals surface area (Å²) in [5, 5.41) is 3.59. The molecule has 3 nitrogen and oxygen atoms in total. The molecule has 0 saturated carbocycles. The van der Waals surface area contributed by atoms with E-state index < -0.39 is 0 Å². The minimum atomic E-state index is 0.360. The summed E-state index contributed by atoms with van der Waals surface area (Å²) in [6.07, 6.45) is 0. The third kappa shape index (κ3) is 2.93. The first-order valence-corrected chi connectivity index (χ1v) is 6.10. The number of aromatic nitrogens is 1. The summed E-state index contributed by atoms with van der Waals surface area (Å²) in [5.74, 6) is 1.63. The Balaban J connectivity index is 2.13. The average Bonchev–Trinajstić information content (AvgIpc) is 2.39. The quantitative estimate of drug-likeness (QED) is 0.913. The van der Waals surface area contributed by atoms with Crippen molar-refractivity contribution in [1.29, 1.82) is 0 Å². The molecule has 0 aliphatic carbocycles. The maximum absolute atomic E-state index is 6.09. The molecule has 2 aromatic rings. The van der Waals surface area contributed by atoms with Crippen LogP contribution in [-0.2, 0) is 6.61 Å². The Hall–Kier alpha value is -1.74. The zero-order valence-electron chi connectivity index (χ0n) is 10.4. The van der Waals surface area contributed by atoms with Crippen molar-refractivity contribution < 1.29 is 4.74 Å². The van der Waals surface area contributed by atoms with E-state index in [-0.39, 0.29) is 0 Å². The predicted octanol–water partition coefficient (Wildman–Crippen LogP) is 3.66. The second-order valence-corrected chi connectivity index (χ2v) is 4.34. The minimum absolute atomic E-state index is 0.360. The normalized spacial score (nSPS) is 10.2. The van der Waals surface area contributed by atoms with Crippen LogP contribution in [0, 0.1) is 6.92 Å². The van der Waals surface area contributed by atoms with Gasteiger partial charge in [0.05, 0.1) is 10.7 Å². The molecule has 0 spiro atoms. The van der Waals surface area contributed by atoms with Gasteiger partial charge in [0.15, 0.2) is 0 Å². The summed E-state index contributed by atoms with van der Waals surface area (Å²) >= 11 is 6.09. The summed E-state index contributed by atoms with van der Waals surface area (Å²) in [6.45, 7) is 2.37. The Kier molecular flexibility index (Phi) is 4.05. The lowest BCUT2D eigenvalue weighted by atomic mass is 10.2. The molecule has 1 aromatic carbocycles. The van der Waals surface area contributed by atoms with Crippen molar-refractivity contribution in [1.82, 2.24) is 4.98 Å². The smallest absolute Gasteiger partial charge is 0.132 e. The Morgan fingerprint density at radius 3 is 2.72 bits per heavy atom. The van der Waals surface area contributed by atoms with E-state index in [2.05, 4.69) is 10.3 Å². The van der Waals surface area contributed by atoms with Crippen LogP contribution in [0.3, 0.4) is 0 Å². The Morgan fingerprint density at radius 1 is 1.22 bits per heavy atom. The monoisotopic (exact) mass is 262 g/mol. The standard InChI is InChI=1S/C14H15ClN2O/c1-10-5-3-4-6-13(10)18-9-12-11(15)7-8-14(16-2)17-12/h3-8H,9H2,1-2H3,(H,16,17). The van der Waals surface area contributed by atoms with Crippen LogP contribution in [0.25, 0.3) is 0 Å². The van der Waals surface area contributed by atoms with Crippen LogP contribution in [0.2, 0.25) is 5.02 Å². The summed E-state index contributed by atoms with van der Waals surface area (Å²) in [7, 11) is 1.82. The van der Waals surface area contributed by atoms with Gasteiger partial charge >= 0.3 is 0 Å². The number of nitrogens with zero attached hydrogens (tertiary/aromatic N) is 1. The van der Waals surface area contributed by atoms with Crippen LogP contribution in [0.4, 0.5) is 5.82 Å². The lowest BCUT2D eigenvalue weighted by Crippen LogP contribution is -2.02. The van der Waals surface area contributed by atoms with Crippen LogP contribution in [0.5, 0.6) is 5.75 Å². The first-order chi connectivity index (χ1) is 8.70. The molecule has 2 rings (SSSR count). The zero-order chi connectivity index (χ0) is 13.0. The maximum Gasteiger partial charge on any atom is 0.132 e. The highest BCUT2D eigenvalue weighted by atomic mass is 35.5. The molecule has 1 heterocycles. The van der Waals surface area contributed by atoms with E-state index in [0.717, 1.165) is 22.8 Å². The molecular weight excluding hydrogens is 248 g/mol. The maximum atomic E-state index is 6.09. The van der Waals surface area contributed by atoms with E-state index in [9.17, 15) is 0 Å². The van der Waals surface area contributed by atoms with Gasteiger partial charge in [-0.05, 0) is 30.7 Å². The first kappa shape index (κ1) is 12.7. The van der Waals surface area contributed by atoms with Crippen molar-refractivity contribution >= 4 is 17.4 Å². The van der Waals surface area contributed by atoms with Crippen molar-refractivity contribution in [3.05, 3.63) is 52.7 Å². The van der Waals surface area contributed by atoms with E-state index in [1.807, 2.05) is 50.4 Å². The molecule has 18 heavy (non-hydrogen) atoms. The second kappa shape index (κ2) is 5.74. The van der Waals surface area contributed by atoms with E-state index in [1.54, 1.807) is 0 Å². The number of para-hydroxylation sites is 1. The van der Waals surface area contributed by atoms with E-state index in [1.165, 1.54) is 0 Å². The molecule has 0 saturated heterocycles. The molecule has 0 aliphatic heterocycles. The summed E-state index contributed by atoms with van der Waals surface area (Å²) in [4.78, 5) is 4.37. The summed E-state index contributed by atoms with van der Waals surface area (Å²) in [6, 6.07) is 11.5. The van der Waals surface area contributed by atoms with Gasteiger partial charge in [-0.3, -0.25) is 0 Å². The molecule has 0 amide bonds. The molecule has 0 atom stereocenters. The number of hydrogen-bond acceptors (Lipinski definition) is 3. The van der Waals surface area contributed by atoms with Crippen LogP contribution in [0.15, 0.2) is 36.4 Å². The topological polar surface area (TPSA) is 34.1 Å². The van der Waals surface area contributed by atoms with Crippen LogP contribution in [0.1, 0.15) is 11.3 Å². The lowest BCUT2D eigenvalue weighted by molar-refractivity contribution is 0.299. The van der Waals surface area contributed by atoms with Gasteiger partial charge < -0.3 is 10.1 Å². The number of aryl methyl sites for hydroxylation is 1. The summed E-state index contributed by atoms with van der Waals surface area (Å²) < 4.78 is 5.73. The number of anilines is 1. The number of halogens is 1. The molecule has 0 fully saturated rings. The number of nitrogens with one attached hydrogen (secondary N) is 1. The zero-order valence-corrected chi connectivity index (χ0v) is 11.2. The van der Waals surface area contributed by atoms with Gasteiger partial charge in [0.2, 0.25) is 0 Å². The Labute approximate surface area is 112 Å². The van der Waals surface area contributed by atoms with E-state index >= 15 is 0 Å². The van der Waals surface area contributed by atoms with Crippen LogP contribution in [-0.4, -0.2) is 12.0 Å². The number of rotatable bonds is 4. The first-order valence-electron chi connectivity index (χ1n) is 5.72. The fourth-order valence-electron chi connectivity index (χ4n) is 1.59. The van der Waals surface area contributed by atoms with Crippen molar-refractivity contribution in [2.75, 3.05) is 12.4 Å². The number of benzene rings is 1. The van der Waals surface area contributed by atoms with Crippen molar-refractivity contribution in [2.45, 2.75) is 13.5 Å². The van der Waals surface area contributed by atoms with Gasteiger partial charge in [-0.1, -0.05) is 29.8 Å². The summed E-state index contributed by atoms with van der Waals surface area (Å²) in [5.41, 5.74) is 1.82. The molecule has 0 radical (unpaired) electrons. The molecule has 1 aromatic heterocycles. The second-order valence-electron chi connectivity index (χ2n) is 3.93. The fourth-order valence-corrected chi connectivity index (χ4v) is 1.75. The largest absolute Gasteiger partial charge is 0.487 e. The van der Waals surface area contributed by atoms with Gasteiger partial charge in [-0.2, -0.15) is 0 Å². The highest BCUT2D eigenvalue weighted by molar-refractivity contribution is 6.31. The van der Waals surface area contributed by atoms with Crippen molar-refractivity contribution in [3.63, 3.8) is 0 Å². The van der Waals surface area contributed by atoms with Gasteiger partial charge in [0.1, 0.15) is 18.2 Å². The van der Waals surface area contributed by atoms with Gasteiger partial charge in [-0.15, -0.1) is 0 Å². The molecule has 0 aliphatic rings. The molecule has 94 valence electrons. The number of pyridine rings is 1.